The Kier molecular flexibility index (Phi) is 7.36. The van der Waals surface area contributed by atoms with Crippen molar-refractivity contribution in [3.63, 3.8) is 0 Å². The predicted molar refractivity (Wildman–Crippen MR) is 111 cm³/mol. The van der Waals surface area contributed by atoms with Crippen molar-refractivity contribution in [2.45, 2.75) is 25.3 Å². The molecule has 0 unspecified atom stereocenters. The molecule has 0 aromatic heterocycles. The van der Waals surface area contributed by atoms with E-state index in [2.05, 4.69) is 5.32 Å². The fraction of sp³-hybridized carbons (Fsp3) is 0.364. The molecule has 0 aliphatic carbocycles. The van der Waals surface area contributed by atoms with Crippen LogP contribution in [0.2, 0.25) is 5.02 Å². The van der Waals surface area contributed by atoms with Crippen LogP contribution in [0.4, 0.5) is 0 Å². The minimum atomic E-state index is -0.0677. The summed E-state index contributed by atoms with van der Waals surface area (Å²) in [7, 11) is 1.57. The molecule has 0 saturated carbocycles. The van der Waals surface area contributed by atoms with Crippen LogP contribution >= 0.6 is 11.6 Å². The standard InChI is InChI=1S/C22H25ClN2O4/c1-28-19-4-2-3-5-20(19)29-15-22(27)25-12-10-18(11-13-25)24-21(26)14-16-6-8-17(23)9-7-16/h2-9,18H,10-15H2,1H3,(H,24,26). The molecule has 0 spiro atoms. The van der Waals surface area contributed by atoms with Crippen molar-refractivity contribution in [1.29, 1.82) is 0 Å². The Morgan fingerprint density at radius 2 is 1.72 bits per heavy atom. The Morgan fingerprint density at radius 3 is 2.38 bits per heavy atom. The number of carbonyl (C=O) groups excluding carboxylic acids is 2. The molecule has 6 nitrogen and oxygen atoms in total. The number of benzene rings is 2. The van der Waals surface area contributed by atoms with Crippen LogP contribution in [0, 0.1) is 0 Å². The van der Waals surface area contributed by atoms with Gasteiger partial charge in [-0.25, -0.2) is 0 Å². The highest BCUT2D eigenvalue weighted by Gasteiger charge is 2.24. The molecule has 1 fully saturated rings. The van der Waals surface area contributed by atoms with Crippen LogP contribution < -0.4 is 14.8 Å². The van der Waals surface area contributed by atoms with E-state index in [1.165, 1.54) is 0 Å². The Morgan fingerprint density at radius 1 is 1.07 bits per heavy atom. The van der Waals surface area contributed by atoms with E-state index in [0.717, 1.165) is 18.4 Å². The normalized spacial score (nSPS) is 14.3. The number of ether oxygens (including phenoxy) is 2. The first-order valence-corrected chi connectivity index (χ1v) is 10.0. The second-order valence-corrected chi connectivity index (χ2v) is 7.40. The molecule has 1 N–H and O–H groups in total. The van der Waals surface area contributed by atoms with E-state index in [-0.39, 0.29) is 24.5 Å². The van der Waals surface area contributed by atoms with Gasteiger partial charge in [-0.1, -0.05) is 35.9 Å². The summed E-state index contributed by atoms with van der Waals surface area (Å²) in [5.74, 6) is 1.06. The fourth-order valence-corrected chi connectivity index (χ4v) is 3.43. The number of halogens is 1. The van der Waals surface area contributed by atoms with E-state index in [0.29, 0.717) is 36.0 Å². The van der Waals surface area contributed by atoms with Gasteiger partial charge in [0.15, 0.2) is 18.1 Å². The molecule has 2 aromatic rings. The molecule has 0 radical (unpaired) electrons. The van der Waals surface area contributed by atoms with Gasteiger partial charge in [0.2, 0.25) is 5.91 Å². The van der Waals surface area contributed by atoms with E-state index in [4.69, 9.17) is 21.1 Å². The summed E-state index contributed by atoms with van der Waals surface area (Å²) in [5.41, 5.74) is 0.924. The van der Waals surface area contributed by atoms with Gasteiger partial charge in [0.25, 0.3) is 5.91 Å². The third-order valence-corrected chi connectivity index (χ3v) is 5.16. The molecule has 2 aromatic carbocycles. The minimum Gasteiger partial charge on any atom is -0.493 e. The zero-order chi connectivity index (χ0) is 20.6. The van der Waals surface area contributed by atoms with Gasteiger partial charge in [-0.15, -0.1) is 0 Å². The number of nitrogens with one attached hydrogen (secondary N) is 1. The van der Waals surface area contributed by atoms with E-state index in [1.54, 1.807) is 36.3 Å². The molecule has 1 aliphatic heterocycles. The molecule has 7 heteroatoms. The number of amides is 2. The number of hydrogen-bond acceptors (Lipinski definition) is 4. The van der Waals surface area contributed by atoms with Gasteiger partial charge in [-0.2, -0.15) is 0 Å². The third kappa shape index (κ3) is 6.12. The van der Waals surface area contributed by atoms with E-state index in [1.807, 2.05) is 24.3 Å². The molecule has 0 atom stereocenters. The maximum atomic E-state index is 12.4. The van der Waals surface area contributed by atoms with Crippen LogP contribution in [0.1, 0.15) is 18.4 Å². The Bertz CT molecular complexity index is 833. The highest BCUT2D eigenvalue weighted by Crippen LogP contribution is 2.25. The largest absolute Gasteiger partial charge is 0.493 e. The van der Waals surface area contributed by atoms with Gasteiger partial charge in [0.05, 0.1) is 13.5 Å². The maximum absolute atomic E-state index is 12.4. The molecular formula is C22H25ClN2O4. The van der Waals surface area contributed by atoms with Gasteiger partial charge in [-0.05, 0) is 42.7 Å². The molecule has 154 valence electrons. The number of carbonyl (C=O) groups is 2. The van der Waals surface area contributed by atoms with Crippen LogP contribution in [-0.4, -0.2) is 49.6 Å². The smallest absolute Gasteiger partial charge is 0.260 e. The van der Waals surface area contributed by atoms with E-state index in [9.17, 15) is 9.59 Å². The monoisotopic (exact) mass is 416 g/mol. The van der Waals surface area contributed by atoms with Crippen LogP contribution in [0.5, 0.6) is 11.5 Å². The highest BCUT2D eigenvalue weighted by molar-refractivity contribution is 6.30. The number of piperidine rings is 1. The molecular weight excluding hydrogens is 392 g/mol. The van der Waals surface area contributed by atoms with Crippen LogP contribution in [0.3, 0.4) is 0 Å². The lowest BCUT2D eigenvalue weighted by molar-refractivity contribution is -0.134. The molecule has 29 heavy (non-hydrogen) atoms. The Labute approximate surface area is 175 Å². The summed E-state index contributed by atoms with van der Waals surface area (Å²) < 4.78 is 10.8. The van der Waals surface area contributed by atoms with Crippen LogP contribution in [0.15, 0.2) is 48.5 Å². The molecule has 1 heterocycles. The summed E-state index contributed by atoms with van der Waals surface area (Å²) in [6.45, 7) is 1.16. The molecule has 1 aliphatic rings. The third-order valence-electron chi connectivity index (χ3n) is 4.91. The number of nitrogens with zero attached hydrogens (tertiary/aromatic N) is 1. The van der Waals surface area contributed by atoms with Gasteiger partial charge in [-0.3, -0.25) is 9.59 Å². The predicted octanol–water partition coefficient (Wildman–Crippen LogP) is 3.08. The van der Waals surface area contributed by atoms with Crippen molar-refractivity contribution in [3.8, 4) is 11.5 Å². The first-order valence-electron chi connectivity index (χ1n) is 9.62. The number of likely N-dealkylation sites (tertiary alicyclic amines) is 1. The highest BCUT2D eigenvalue weighted by atomic mass is 35.5. The Balaban J connectivity index is 1.40. The number of para-hydroxylation sites is 2. The summed E-state index contributed by atoms with van der Waals surface area (Å²) in [5, 5.41) is 3.71. The second-order valence-electron chi connectivity index (χ2n) is 6.97. The topological polar surface area (TPSA) is 67.9 Å². The quantitative estimate of drug-likeness (QED) is 0.753. The zero-order valence-electron chi connectivity index (χ0n) is 16.4. The van der Waals surface area contributed by atoms with Gasteiger partial charge in [0.1, 0.15) is 0 Å². The van der Waals surface area contributed by atoms with E-state index >= 15 is 0 Å². The Hall–Kier alpha value is -2.73. The number of rotatable bonds is 7. The van der Waals surface area contributed by atoms with E-state index < -0.39 is 0 Å². The first-order chi connectivity index (χ1) is 14.0. The molecule has 1 saturated heterocycles. The fourth-order valence-electron chi connectivity index (χ4n) is 3.31. The van der Waals surface area contributed by atoms with Crippen molar-refractivity contribution < 1.29 is 19.1 Å². The van der Waals surface area contributed by atoms with Gasteiger partial charge >= 0.3 is 0 Å². The van der Waals surface area contributed by atoms with Gasteiger partial charge in [0, 0.05) is 24.2 Å². The SMILES string of the molecule is COc1ccccc1OCC(=O)N1CCC(NC(=O)Cc2ccc(Cl)cc2)CC1. The lowest BCUT2D eigenvalue weighted by Crippen LogP contribution is -2.48. The summed E-state index contributed by atoms with van der Waals surface area (Å²) in [6, 6.07) is 14.6. The average molecular weight is 417 g/mol. The lowest BCUT2D eigenvalue weighted by atomic mass is 10.0. The zero-order valence-corrected chi connectivity index (χ0v) is 17.2. The van der Waals surface area contributed by atoms with Crippen LogP contribution in [0.25, 0.3) is 0 Å². The number of methoxy groups -OCH3 is 1. The number of hydrogen-bond donors (Lipinski definition) is 1. The molecule has 2 amide bonds. The maximum Gasteiger partial charge on any atom is 0.260 e. The molecule has 0 bridgehead atoms. The van der Waals surface area contributed by atoms with Crippen molar-refractivity contribution in [1.82, 2.24) is 10.2 Å². The lowest BCUT2D eigenvalue weighted by Gasteiger charge is -2.32. The van der Waals surface area contributed by atoms with Crippen LogP contribution in [-0.2, 0) is 16.0 Å². The second kappa shape index (κ2) is 10.2. The average Bonchev–Trinajstić information content (AvgIpc) is 2.74. The summed E-state index contributed by atoms with van der Waals surface area (Å²) in [6.07, 6.45) is 1.78. The summed E-state index contributed by atoms with van der Waals surface area (Å²) >= 11 is 5.87. The van der Waals surface area contributed by atoms with Crippen molar-refractivity contribution in [2.24, 2.45) is 0 Å². The van der Waals surface area contributed by atoms with Crippen molar-refractivity contribution in [2.75, 3.05) is 26.8 Å². The van der Waals surface area contributed by atoms with Crippen molar-refractivity contribution in [3.05, 3.63) is 59.1 Å². The molecule has 3 rings (SSSR count). The first kappa shape index (κ1) is 21.0. The minimum absolute atomic E-state index is 0.0170. The van der Waals surface area contributed by atoms with Crippen molar-refractivity contribution >= 4 is 23.4 Å². The summed E-state index contributed by atoms with van der Waals surface area (Å²) in [4.78, 5) is 26.4. The van der Waals surface area contributed by atoms with Gasteiger partial charge < -0.3 is 19.7 Å².